The van der Waals surface area contributed by atoms with Crippen molar-refractivity contribution < 1.29 is 0 Å². The minimum atomic E-state index is -0.406. The Morgan fingerprint density at radius 1 is 0.821 bits per heavy atom. The summed E-state index contributed by atoms with van der Waals surface area (Å²) in [4.78, 5) is 4.90. The molecular weight excluding hydrogens is 340 g/mol. The predicted molar refractivity (Wildman–Crippen MR) is 115 cm³/mol. The molecular formula is C26H24N2. The molecule has 4 rings (SSSR count). The molecule has 0 aliphatic heterocycles. The van der Waals surface area contributed by atoms with E-state index in [0.29, 0.717) is 6.42 Å². The molecule has 28 heavy (non-hydrogen) atoms. The normalized spacial score (nSPS) is 13.8. The van der Waals surface area contributed by atoms with Crippen LogP contribution in [0.4, 0.5) is 0 Å². The fourth-order valence-corrected chi connectivity index (χ4v) is 3.92. The summed E-state index contributed by atoms with van der Waals surface area (Å²) in [7, 11) is 0. The lowest BCUT2D eigenvalue weighted by Crippen LogP contribution is -2.13. The summed E-state index contributed by atoms with van der Waals surface area (Å²) in [5.74, 6) is 0. The molecule has 1 aliphatic rings. The number of benzene rings is 3. The van der Waals surface area contributed by atoms with Crippen molar-refractivity contribution in [3.63, 3.8) is 0 Å². The molecule has 0 N–H and O–H groups in total. The third-order valence-electron chi connectivity index (χ3n) is 5.37. The highest BCUT2D eigenvalue weighted by molar-refractivity contribution is 6.13. The van der Waals surface area contributed by atoms with Crippen LogP contribution in [0.2, 0.25) is 0 Å². The van der Waals surface area contributed by atoms with Gasteiger partial charge in [-0.15, -0.1) is 0 Å². The van der Waals surface area contributed by atoms with Gasteiger partial charge in [0.05, 0.1) is 11.8 Å². The van der Waals surface area contributed by atoms with Gasteiger partial charge >= 0.3 is 0 Å². The summed E-state index contributed by atoms with van der Waals surface area (Å²) in [6.07, 6.45) is 5.54. The van der Waals surface area contributed by atoms with Gasteiger partial charge in [0.2, 0.25) is 0 Å². The van der Waals surface area contributed by atoms with Gasteiger partial charge in [-0.05, 0) is 42.4 Å². The van der Waals surface area contributed by atoms with E-state index in [4.69, 9.17) is 4.99 Å². The lowest BCUT2D eigenvalue weighted by molar-refractivity contribution is 0.683. The summed E-state index contributed by atoms with van der Waals surface area (Å²) in [6.45, 7) is 0. The Hall–Kier alpha value is -3.18. The summed E-state index contributed by atoms with van der Waals surface area (Å²) >= 11 is 0. The molecule has 0 fully saturated rings. The first kappa shape index (κ1) is 18.2. The Kier molecular flexibility index (Phi) is 5.64. The quantitative estimate of drug-likeness (QED) is 0.548. The fourth-order valence-electron chi connectivity index (χ4n) is 3.92. The summed E-state index contributed by atoms with van der Waals surface area (Å²) < 4.78 is 0. The van der Waals surface area contributed by atoms with Gasteiger partial charge in [0.15, 0.2) is 0 Å². The summed E-state index contributed by atoms with van der Waals surface area (Å²) in [6, 6.07) is 29.0. The molecule has 0 saturated heterocycles. The molecule has 0 heterocycles. The molecule has 1 unspecified atom stereocenters. The van der Waals surface area contributed by atoms with Crippen LogP contribution in [0.25, 0.3) is 0 Å². The number of fused-ring (bicyclic) bond motifs is 1. The van der Waals surface area contributed by atoms with Crippen molar-refractivity contribution in [1.29, 1.82) is 5.26 Å². The second-order valence-corrected chi connectivity index (χ2v) is 7.37. The van der Waals surface area contributed by atoms with Gasteiger partial charge < -0.3 is 0 Å². The molecule has 3 aromatic carbocycles. The van der Waals surface area contributed by atoms with Crippen LogP contribution >= 0.6 is 0 Å². The topological polar surface area (TPSA) is 36.1 Å². The Labute approximate surface area is 167 Å². The van der Waals surface area contributed by atoms with E-state index < -0.39 is 6.04 Å². The van der Waals surface area contributed by atoms with Crippen LogP contribution in [0.3, 0.4) is 0 Å². The van der Waals surface area contributed by atoms with Crippen molar-refractivity contribution in [3.05, 3.63) is 107 Å². The minimum Gasteiger partial charge on any atom is -0.265 e. The Balaban J connectivity index is 1.65. The molecule has 0 radical (unpaired) electrons. The summed E-state index contributed by atoms with van der Waals surface area (Å²) in [5, 5.41) is 9.81. The molecule has 0 aromatic heterocycles. The third-order valence-corrected chi connectivity index (χ3v) is 5.37. The average Bonchev–Trinajstić information content (AvgIpc) is 2.77. The number of nitriles is 1. The molecule has 1 aliphatic carbocycles. The molecule has 0 spiro atoms. The van der Waals surface area contributed by atoms with Crippen molar-refractivity contribution in [2.24, 2.45) is 4.99 Å². The number of rotatable bonds is 5. The van der Waals surface area contributed by atoms with E-state index in [1.807, 2.05) is 36.4 Å². The maximum Gasteiger partial charge on any atom is 0.141 e. The van der Waals surface area contributed by atoms with Crippen LogP contribution in [0.15, 0.2) is 83.9 Å². The number of nitrogens with zero attached hydrogens (tertiary/aromatic N) is 2. The fraction of sp³-hybridized carbons (Fsp3) is 0.231. The predicted octanol–water partition coefficient (Wildman–Crippen LogP) is 5.54. The van der Waals surface area contributed by atoms with Crippen molar-refractivity contribution in [2.75, 3.05) is 0 Å². The van der Waals surface area contributed by atoms with Crippen LogP contribution < -0.4 is 0 Å². The van der Waals surface area contributed by atoms with E-state index in [0.717, 1.165) is 23.3 Å². The van der Waals surface area contributed by atoms with Crippen molar-refractivity contribution in [2.45, 2.75) is 38.1 Å². The highest BCUT2D eigenvalue weighted by Gasteiger charge is 2.14. The molecule has 2 nitrogen and oxygen atoms in total. The molecule has 0 saturated carbocycles. The molecule has 0 amide bonds. The monoisotopic (exact) mass is 364 g/mol. The maximum atomic E-state index is 9.81. The lowest BCUT2D eigenvalue weighted by Gasteiger charge is -2.17. The van der Waals surface area contributed by atoms with Gasteiger partial charge in [0.25, 0.3) is 0 Å². The van der Waals surface area contributed by atoms with E-state index in [1.54, 1.807) is 0 Å². The van der Waals surface area contributed by atoms with Crippen LogP contribution in [0, 0.1) is 11.3 Å². The van der Waals surface area contributed by atoms with Gasteiger partial charge in [-0.1, -0.05) is 78.9 Å². The van der Waals surface area contributed by atoms with Crippen LogP contribution in [-0.2, 0) is 19.3 Å². The van der Waals surface area contributed by atoms with E-state index in [1.165, 1.54) is 36.0 Å². The first-order chi connectivity index (χ1) is 13.8. The van der Waals surface area contributed by atoms with Crippen LogP contribution in [0.5, 0.6) is 0 Å². The molecule has 0 bridgehead atoms. The standard InChI is InChI=1S/C26H24N2/c27-19-25(18-20-15-16-21-9-7-8-14-24(21)17-20)28-26(22-10-3-1-4-11-22)23-12-5-2-6-13-23/h1-6,10-13,15-17,25H,7-9,14,18H2. The first-order valence-electron chi connectivity index (χ1n) is 10.0. The van der Waals surface area contributed by atoms with E-state index >= 15 is 0 Å². The maximum absolute atomic E-state index is 9.81. The van der Waals surface area contributed by atoms with E-state index in [-0.39, 0.29) is 0 Å². The highest BCUT2D eigenvalue weighted by atomic mass is 14.8. The van der Waals surface area contributed by atoms with E-state index in [2.05, 4.69) is 48.5 Å². The van der Waals surface area contributed by atoms with Crippen LogP contribution in [0.1, 0.15) is 40.7 Å². The number of hydrogen-bond acceptors (Lipinski definition) is 2. The first-order valence-corrected chi connectivity index (χ1v) is 10.0. The number of aliphatic imine (C=N–C) groups is 1. The highest BCUT2D eigenvalue weighted by Crippen LogP contribution is 2.23. The molecule has 1 atom stereocenters. The Bertz CT molecular complexity index is 956. The van der Waals surface area contributed by atoms with Gasteiger partial charge in [-0.2, -0.15) is 5.26 Å². The largest absolute Gasteiger partial charge is 0.265 e. The average molecular weight is 364 g/mol. The zero-order chi connectivity index (χ0) is 19.2. The third kappa shape index (κ3) is 4.21. The molecule has 138 valence electrons. The van der Waals surface area contributed by atoms with Crippen molar-refractivity contribution in [3.8, 4) is 6.07 Å². The SMILES string of the molecule is N#CC(Cc1ccc2c(c1)CCCC2)N=C(c1ccccc1)c1ccccc1. The lowest BCUT2D eigenvalue weighted by atomic mass is 9.89. The minimum absolute atomic E-state index is 0.406. The second kappa shape index (κ2) is 8.67. The van der Waals surface area contributed by atoms with Gasteiger partial charge in [-0.25, -0.2) is 0 Å². The smallest absolute Gasteiger partial charge is 0.141 e. The summed E-state index contributed by atoms with van der Waals surface area (Å²) in [5.41, 5.74) is 7.10. The van der Waals surface area contributed by atoms with Gasteiger partial charge in [-0.3, -0.25) is 4.99 Å². The zero-order valence-electron chi connectivity index (χ0n) is 16.0. The zero-order valence-corrected chi connectivity index (χ0v) is 16.0. The van der Waals surface area contributed by atoms with Crippen molar-refractivity contribution >= 4 is 5.71 Å². The number of hydrogen-bond donors (Lipinski definition) is 0. The Morgan fingerprint density at radius 3 is 2.04 bits per heavy atom. The molecule has 2 heteroatoms. The van der Waals surface area contributed by atoms with Crippen LogP contribution in [-0.4, -0.2) is 11.8 Å². The second-order valence-electron chi connectivity index (χ2n) is 7.37. The Morgan fingerprint density at radius 2 is 1.43 bits per heavy atom. The van der Waals surface area contributed by atoms with Gasteiger partial charge in [0, 0.05) is 17.5 Å². The van der Waals surface area contributed by atoms with E-state index in [9.17, 15) is 5.26 Å². The number of aryl methyl sites for hydroxylation is 2. The molecule has 3 aromatic rings. The van der Waals surface area contributed by atoms with Gasteiger partial charge in [0.1, 0.15) is 6.04 Å². The van der Waals surface area contributed by atoms with Crippen molar-refractivity contribution in [1.82, 2.24) is 0 Å².